The minimum absolute atomic E-state index is 0.461. The average molecular weight is 603 g/mol. The second-order valence-electron chi connectivity index (χ2n) is 12.3. The molecule has 47 heavy (non-hydrogen) atoms. The number of oxazole rings is 2. The zero-order valence-electron chi connectivity index (χ0n) is 25.2. The van der Waals surface area contributed by atoms with E-state index in [9.17, 15) is 0 Å². The molecule has 6 aromatic carbocycles. The number of benzene rings is 6. The molecule has 0 bridgehead atoms. The normalized spacial score (nSPS) is 13.3. The molecule has 2 aliphatic carbocycles. The molecular weight excluding hydrogens is 576 g/mol. The summed E-state index contributed by atoms with van der Waals surface area (Å²) < 4.78 is 10.6. The molecule has 0 atom stereocenters. The minimum atomic E-state index is -0.461. The van der Waals surface area contributed by atoms with Gasteiger partial charge in [0, 0.05) is 11.1 Å². The Morgan fingerprint density at radius 2 is 0.787 bits per heavy atom. The van der Waals surface area contributed by atoms with Crippen molar-refractivity contribution in [2.75, 3.05) is 0 Å². The lowest BCUT2D eigenvalue weighted by Gasteiger charge is -2.31. The highest BCUT2D eigenvalue weighted by Gasteiger charge is 2.51. The largest absolute Gasteiger partial charge is 0.451 e. The fraction of sp³-hybridized carbons (Fsp3) is 0.0233. The number of hydrogen-bond donors (Lipinski definition) is 0. The van der Waals surface area contributed by atoms with Crippen LogP contribution in [-0.2, 0) is 5.41 Å². The topological polar surface area (TPSA) is 52.1 Å². The molecule has 0 saturated heterocycles. The summed E-state index contributed by atoms with van der Waals surface area (Å²) in [4.78, 5) is 8.78. The fourth-order valence-electron chi connectivity index (χ4n) is 7.92. The summed E-state index contributed by atoms with van der Waals surface area (Å²) in [6.07, 6.45) is 6.34. The first-order valence-corrected chi connectivity index (χ1v) is 15.8. The van der Waals surface area contributed by atoms with Gasteiger partial charge in [-0.25, -0.2) is 9.97 Å². The molecule has 4 heteroatoms. The van der Waals surface area contributed by atoms with Gasteiger partial charge in [0.05, 0.1) is 5.41 Å². The van der Waals surface area contributed by atoms with Crippen LogP contribution in [0.2, 0.25) is 0 Å². The number of nitrogens with zero attached hydrogens (tertiary/aromatic N) is 2. The third-order valence-electron chi connectivity index (χ3n) is 9.94. The number of aromatic nitrogens is 2. The van der Waals surface area contributed by atoms with Crippen molar-refractivity contribution in [2.24, 2.45) is 0 Å². The molecule has 2 aromatic heterocycles. The van der Waals surface area contributed by atoms with Crippen LogP contribution in [0.3, 0.4) is 0 Å². The highest BCUT2D eigenvalue weighted by molar-refractivity contribution is 5.97. The molecule has 220 valence electrons. The highest BCUT2D eigenvalue weighted by Crippen LogP contribution is 2.63. The lowest BCUT2D eigenvalue weighted by molar-refractivity contribution is 0.558. The van der Waals surface area contributed by atoms with Gasteiger partial charge in [-0.05, 0) is 91.0 Å². The first kappa shape index (κ1) is 26.0. The molecule has 2 heterocycles. The average Bonchev–Trinajstić information content (AvgIpc) is 3.96. The van der Waals surface area contributed by atoms with Crippen LogP contribution in [0.4, 0.5) is 0 Å². The van der Waals surface area contributed by atoms with E-state index in [2.05, 4.69) is 143 Å². The van der Waals surface area contributed by atoms with E-state index in [1.807, 2.05) is 0 Å². The van der Waals surface area contributed by atoms with E-state index in [1.165, 1.54) is 68.4 Å². The molecule has 10 rings (SSSR count). The van der Waals surface area contributed by atoms with Gasteiger partial charge in [-0.3, -0.25) is 0 Å². The van der Waals surface area contributed by atoms with Crippen LogP contribution >= 0.6 is 0 Å². The van der Waals surface area contributed by atoms with Gasteiger partial charge in [-0.1, -0.05) is 109 Å². The molecule has 8 aromatic rings. The Kier molecular flexibility index (Phi) is 5.46. The first-order valence-electron chi connectivity index (χ1n) is 15.8. The van der Waals surface area contributed by atoms with Crippen molar-refractivity contribution in [1.29, 1.82) is 0 Å². The number of hydrogen-bond acceptors (Lipinski definition) is 4. The van der Waals surface area contributed by atoms with Crippen molar-refractivity contribution in [3.63, 3.8) is 0 Å². The van der Waals surface area contributed by atoms with Gasteiger partial charge >= 0.3 is 0 Å². The summed E-state index contributed by atoms with van der Waals surface area (Å²) in [6.45, 7) is 0. The highest BCUT2D eigenvalue weighted by atomic mass is 16.3. The first-order chi connectivity index (χ1) is 23.3. The second kappa shape index (κ2) is 9.87. The maximum atomic E-state index is 5.29. The van der Waals surface area contributed by atoms with Gasteiger partial charge in [-0.2, -0.15) is 0 Å². The molecular formula is C43H26N2O2. The molecule has 0 saturated carbocycles. The van der Waals surface area contributed by atoms with E-state index in [-0.39, 0.29) is 0 Å². The summed E-state index contributed by atoms with van der Waals surface area (Å²) in [7, 11) is 0. The quantitative estimate of drug-likeness (QED) is 0.201. The summed E-state index contributed by atoms with van der Waals surface area (Å²) in [5.74, 6) is 0. The third kappa shape index (κ3) is 3.70. The summed E-state index contributed by atoms with van der Waals surface area (Å²) >= 11 is 0. The van der Waals surface area contributed by atoms with Crippen LogP contribution in [-0.4, -0.2) is 9.97 Å². The Hall–Kier alpha value is -6.26. The molecule has 4 nitrogen and oxygen atoms in total. The lowest BCUT2D eigenvalue weighted by atomic mass is 9.70. The van der Waals surface area contributed by atoms with Crippen LogP contribution in [0.25, 0.3) is 67.0 Å². The van der Waals surface area contributed by atoms with Gasteiger partial charge in [0.25, 0.3) is 0 Å². The van der Waals surface area contributed by atoms with Gasteiger partial charge in [0.15, 0.2) is 12.8 Å². The zero-order chi connectivity index (χ0) is 31.0. The van der Waals surface area contributed by atoms with Crippen molar-refractivity contribution >= 4 is 0 Å². The number of rotatable bonds is 4. The molecule has 0 radical (unpaired) electrons. The third-order valence-corrected chi connectivity index (χ3v) is 9.94. The van der Waals surface area contributed by atoms with E-state index >= 15 is 0 Å². The zero-order valence-corrected chi connectivity index (χ0v) is 25.2. The molecule has 0 amide bonds. The maximum Gasteiger partial charge on any atom is 0.181 e. The van der Waals surface area contributed by atoms with Gasteiger partial charge < -0.3 is 8.83 Å². The summed E-state index contributed by atoms with van der Waals surface area (Å²) in [5, 5.41) is 0. The predicted molar refractivity (Wildman–Crippen MR) is 185 cm³/mol. The van der Waals surface area contributed by atoms with E-state index in [4.69, 9.17) is 8.83 Å². The monoisotopic (exact) mass is 602 g/mol. The van der Waals surface area contributed by atoms with Crippen LogP contribution in [0.1, 0.15) is 22.3 Å². The predicted octanol–water partition coefficient (Wildman–Crippen LogP) is 10.7. The van der Waals surface area contributed by atoms with Crippen molar-refractivity contribution in [2.45, 2.75) is 5.41 Å². The van der Waals surface area contributed by atoms with Crippen molar-refractivity contribution < 1.29 is 8.83 Å². The molecule has 0 N–H and O–H groups in total. The maximum absolute atomic E-state index is 5.29. The van der Waals surface area contributed by atoms with E-state index < -0.39 is 5.41 Å². The Morgan fingerprint density at radius 3 is 1.26 bits per heavy atom. The molecule has 0 fully saturated rings. The Balaban J connectivity index is 1.22. The fourth-order valence-corrected chi connectivity index (χ4v) is 7.92. The molecule has 1 spiro atoms. The van der Waals surface area contributed by atoms with Gasteiger partial charge in [0.2, 0.25) is 0 Å². The van der Waals surface area contributed by atoms with Crippen LogP contribution in [0.15, 0.2) is 168 Å². The van der Waals surface area contributed by atoms with Gasteiger partial charge in [-0.15, -0.1) is 0 Å². The van der Waals surface area contributed by atoms with Crippen LogP contribution in [0, 0.1) is 0 Å². The molecule has 0 unspecified atom stereocenters. The van der Waals surface area contributed by atoms with Gasteiger partial charge in [0.1, 0.15) is 23.9 Å². The molecule has 2 aliphatic rings. The standard InChI is InChI=1S/C43H26N2O2/c1-3-13-37-33(11-1)34-12-2-4-14-38(34)43(37)39-21-29(27-7-5-9-31(19-27)41-23-46-25-44-41)15-17-35(39)36-18-16-30(22-40(36)43)28-8-6-10-32(20-28)42-24-47-26-45-42/h1-26H. The SMILES string of the molecule is c1cc(-c2ccc3c(c2)C2(c4ccccc4-c4ccccc42)c2cc(-c4cccc(-c5cocn5)c4)ccc2-3)cc(-c2cocn2)c1. The van der Waals surface area contributed by atoms with E-state index in [1.54, 1.807) is 12.5 Å². The van der Waals surface area contributed by atoms with Crippen LogP contribution in [0.5, 0.6) is 0 Å². The van der Waals surface area contributed by atoms with Crippen molar-refractivity contribution in [3.05, 3.63) is 181 Å². The Labute approximate surface area is 271 Å². The Bertz CT molecular complexity index is 2300. The van der Waals surface area contributed by atoms with E-state index in [0.717, 1.165) is 33.6 Å². The van der Waals surface area contributed by atoms with Crippen molar-refractivity contribution in [1.82, 2.24) is 9.97 Å². The Morgan fingerprint density at radius 1 is 0.362 bits per heavy atom. The van der Waals surface area contributed by atoms with Crippen LogP contribution < -0.4 is 0 Å². The molecule has 0 aliphatic heterocycles. The lowest BCUT2D eigenvalue weighted by Crippen LogP contribution is -2.26. The smallest absolute Gasteiger partial charge is 0.181 e. The summed E-state index contributed by atoms with van der Waals surface area (Å²) in [5.41, 5.74) is 18.3. The number of fused-ring (bicyclic) bond motifs is 10. The van der Waals surface area contributed by atoms with Crippen molar-refractivity contribution in [3.8, 4) is 67.0 Å². The summed E-state index contributed by atoms with van der Waals surface area (Å²) in [6, 6.07) is 48.9. The second-order valence-corrected chi connectivity index (χ2v) is 12.3. The van der Waals surface area contributed by atoms with E-state index in [0.29, 0.717) is 0 Å². The minimum Gasteiger partial charge on any atom is -0.451 e.